The van der Waals surface area contributed by atoms with Crippen molar-refractivity contribution in [1.29, 1.82) is 0 Å². The number of benzene rings is 1. The molecular weight excluding hydrogens is 318 g/mol. The SMILES string of the molecule is CCC[C@@H]1CC(C(=O)OC)(C(=O)OC)Cc2c1c1ccccc1n2C. The quantitative estimate of drug-likeness (QED) is 0.631. The maximum Gasteiger partial charge on any atom is 0.323 e. The lowest BCUT2D eigenvalue weighted by Gasteiger charge is -2.37. The number of para-hydroxylation sites is 1. The van der Waals surface area contributed by atoms with Crippen molar-refractivity contribution in [3.05, 3.63) is 35.5 Å². The highest BCUT2D eigenvalue weighted by atomic mass is 16.5. The van der Waals surface area contributed by atoms with E-state index in [1.807, 2.05) is 19.2 Å². The first-order valence-electron chi connectivity index (χ1n) is 8.73. The van der Waals surface area contributed by atoms with E-state index in [9.17, 15) is 9.59 Å². The van der Waals surface area contributed by atoms with Gasteiger partial charge in [-0.25, -0.2) is 0 Å². The zero-order chi connectivity index (χ0) is 18.2. The number of aryl methyl sites for hydroxylation is 1. The van der Waals surface area contributed by atoms with Crippen molar-refractivity contribution in [1.82, 2.24) is 4.57 Å². The van der Waals surface area contributed by atoms with E-state index in [1.165, 1.54) is 25.2 Å². The number of ether oxygens (including phenoxy) is 2. The van der Waals surface area contributed by atoms with Crippen LogP contribution in [0.3, 0.4) is 0 Å². The standard InChI is InChI=1S/C20H25NO4/c1-5-8-13-11-20(18(22)24-3,19(23)25-4)12-16-17(13)14-9-6-7-10-15(14)21(16)2/h6-7,9-10,13H,5,8,11-12H2,1-4H3/t13-/m1/s1. The van der Waals surface area contributed by atoms with Gasteiger partial charge >= 0.3 is 11.9 Å². The number of carbonyl (C=O) groups is 2. The topological polar surface area (TPSA) is 57.5 Å². The van der Waals surface area contributed by atoms with E-state index >= 15 is 0 Å². The summed E-state index contributed by atoms with van der Waals surface area (Å²) in [5.74, 6) is -0.884. The highest BCUT2D eigenvalue weighted by Crippen LogP contribution is 2.49. The molecule has 5 nitrogen and oxygen atoms in total. The van der Waals surface area contributed by atoms with Gasteiger partial charge in [0.05, 0.1) is 14.2 Å². The van der Waals surface area contributed by atoms with E-state index in [2.05, 4.69) is 23.6 Å². The van der Waals surface area contributed by atoms with E-state index in [0.29, 0.717) is 12.8 Å². The first-order valence-corrected chi connectivity index (χ1v) is 8.73. The molecule has 0 spiro atoms. The average Bonchev–Trinajstić information content (AvgIpc) is 2.93. The zero-order valence-electron chi connectivity index (χ0n) is 15.3. The Bertz CT molecular complexity index is 804. The summed E-state index contributed by atoms with van der Waals surface area (Å²) >= 11 is 0. The number of hydrogen-bond acceptors (Lipinski definition) is 4. The molecule has 0 saturated carbocycles. The monoisotopic (exact) mass is 343 g/mol. The lowest BCUT2D eigenvalue weighted by molar-refractivity contribution is -0.170. The summed E-state index contributed by atoms with van der Waals surface area (Å²) in [6.07, 6.45) is 2.64. The van der Waals surface area contributed by atoms with Crippen molar-refractivity contribution in [2.45, 2.75) is 38.5 Å². The van der Waals surface area contributed by atoms with Crippen molar-refractivity contribution >= 4 is 22.8 Å². The fourth-order valence-electron chi connectivity index (χ4n) is 4.41. The van der Waals surface area contributed by atoms with Crippen LogP contribution in [-0.4, -0.2) is 30.7 Å². The summed E-state index contributed by atoms with van der Waals surface area (Å²) in [7, 11) is 4.66. The Hall–Kier alpha value is -2.30. The average molecular weight is 343 g/mol. The lowest BCUT2D eigenvalue weighted by atomic mass is 9.67. The van der Waals surface area contributed by atoms with E-state index in [0.717, 1.165) is 24.1 Å². The summed E-state index contributed by atoms with van der Waals surface area (Å²) in [5, 5.41) is 1.21. The molecule has 25 heavy (non-hydrogen) atoms. The molecule has 0 bridgehead atoms. The van der Waals surface area contributed by atoms with Gasteiger partial charge in [0.15, 0.2) is 5.41 Å². The van der Waals surface area contributed by atoms with Crippen LogP contribution in [-0.2, 0) is 32.5 Å². The van der Waals surface area contributed by atoms with Crippen molar-refractivity contribution in [2.75, 3.05) is 14.2 Å². The summed E-state index contributed by atoms with van der Waals surface area (Å²) in [6, 6.07) is 8.25. The molecule has 0 N–H and O–H groups in total. The molecule has 1 aliphatic carbocycles. The van der Waals surface area contributed by atoms with E-state index < -0.39 is 17.4 Å². The number of fused-ring (bicyclic) bond motifs is 3. The van der Waals surface area contributed by atoms with Crippen LogP contribution in [0, 0.1) is 5.41 Å². The number of methoxy groups -OCH3 is 2. The molecule has 1 atom stereocenters. The van der Waals surface area contributed by atoms with Gasteiger partial charge in [0, 0.05) is 30.1 Å². The molecule has 134 valence electrons. The number of nitrogens with zero attached hydrogens (tertiary/aromatic N) is 1. The molecule has 1 heterocycles. The molecule has 0 unspecified atom stereocenters. The zero-order valence-corrected chi connectivity index (χ0v) is 15.3. The fourth-order valence-corrected chi connectivity index (χ4v) is 4.41. The minimum Gasteiger partial charge on any atom is -0.468 e. The number of esters is 2. The van der Waals surface area contributed by atoms with Gasteiger partial charge in [-0.2, -0.15) is 0 Å². The smallest absolute Gasteiger partial charge is 0.323 e. The predicted molar refractivity (Wildman–Crippen MR) is 95.4 cm³/mol. The first kappa shape index (κ1) is 17.5. The van der Waals surface area contributed by atoms with E-state index in [4.69, 9.17) is 9.47 Å². The molecule has 0 fully saturated rings. The number of carbonyl (C=O) groups excluding carboxylic acids is 2. The lowest BCUT2D eigenvalue weighted by Crippen LogP contribution is -2.47. The van der Waals surface area contributed by atoms with Crippen LogP contribution in [0.4, 0.5) is 0 Å². The van der Waals surface area contributed by atoms with Gasteiger partial charge in [-0.1, -0.05) is 31.5 Å². The van der Waals surface area contributed by atoms with Crippen molar-refractivity contribution in [3.8, 4) is 0 Å². The predicted octanol–water partition coefficient (Wildman–Crippen LogP) is 3.34. The van der Waals surface area contributed by atoms with E-state index in [-0.39, 0.29) is 5.92 Å². The minimum absolute atomic E-state index is 0.123. The summed E-state index contributed by atoms with van der Waals surface area (Å²) in [5.41, 5.74) is 2.16. The van der Waals surface area contributed by atoms with Crippen LogP contribution in [0.2, 0.25) is 0 Å². The molecule has 5 heteroatoms. The van der Waals surface area contributed by atoms with Crippen molar-refractivity contribution < 1.29 is 19.1 Å². The van der Waals surface area contributed by atoms with Crippen molar-refractivity contribution in [2.24, 2.45) is 12.5 Å². The highest BCUT2D eigenvalue weighted by Gasteiger charge is 2.54. The van der Waals surface area contributed by atoms with Crippen LogP contribution in [0.1, 0.15) is 43.4 Å². The number of hydrogen-bond donors (Lipinski definition) is 0. The Balaban J connectivity index is 2.25. The minimum atomic E-state index is -1.27. The second-order valence-corrected chi connectivity index (χ2v) is 6.87. The van der Waals surface area contributed by atoms with Crippen LogP contribution in [0.15, 0.2) is 24.3 Å². The van der Waals surface area contributed by atoms with Crippen LogP contribution in [0.5, 0.6) is 0 Å². The largest absolute Gasteiger partial charge is 0.468 e. The van der Waals surface area contributed by atoms with E-state index in [1.54, 1.807) is 0 Å². The third-order valence-electron chi connectivity index (χ3n) is 5.53. The number of rotatable bonds is 4. The fraction of sp³-hybridized carbons (Fsp3) is 0.500. The Labute approximate surface area is 147 Å². The molecule has 2 aromatic rings. The van der Waals surface area contributed by atoms with Crippen LogP contribution < -0.4 is 0 Å². The van der Waals surface area contributed by atoms with Crippen molar-refractivity contribution in [3.63, 3.8) is 0 Å². The maximum atomic E-state index is 12.6. The van der Waals surface area contributed by atoms with Gasteiger partial charge < -0.3 is 14.0 Å². The molecular formula is C20H25NO4. The second kappa shape index (κ2) is 6.54. The van der Waals surface area contributed by atoms with Gasteiger partial charge in [0.2, 0.25) is 0 Å². The Kier molecular flexibility index (Phi) is 4.58. The molecule has 0 aliphatic heterocycles. The molecule has 1 aliphatic rings. The summed E-state index contributed by atoms with van der Waals surface area (Å²) in [6.45, 7) is 2.12. The number of aromatic nitrogens is 1. The maximum absolute atomic E-state index is 12.6. The Morgan fingerprint density at radius 3 is 2.44 bits per heavy atom. The third kappa shape index (κ3) is 2.53. The normalized spacial score (nSPS) is 18.6. The van der Waals surface area contributed by atoms with Gasteiger partial charge in [-0.05, 0) is 30.4 Å². The summed E-state index contributed by atoms with van der Waals surface area (Å²) in [4.78, 5) is 25.3. The second-order valence-electron chi connectivity index (χ2n) is 6.87. The molecule has 3 rings (SSSR count). The molecule has 1 aromatic heterocycles. The first-order chi connectivity index (χ1) is 12.0. The molecule has 0 amide bonds. The van der Waals surface area contributed by atoms with Crippen LogP contribution in [0.25, 0.3) is 10.9 Å². The van der Waals surface area contributed by atoms with Gasteiger partial charge in [-0.3, -0.25) is 9.59 Å². The van der Waals surface area contributed by atoms with Gasteiger partial charge in [0.1, 0.15) is 0 Å². The third-order valence-corrected chi connectivity index (χ3v) is 5.53. The Morgan fingerprint density at radius 2 is 1.84 bits per heavy atom. The Morgan fingerprint density at radius 1 is 1.20 bits per heavy atom. The highest BCUT2D eigenvalue weighted by molar-refractivity contribution is 6.01. The molecule has 0 radical (unpaired) electrons. The van der Waals surface area contributed by atoms with Gasteiger partial charge in [0.25, 0.3) is 0 Å². The van der Waals surface area contributed by atoms with Crippen LogP contribution >= 0.6 is 0 Å². The van der Waals surface area contributed by atoms with Gasteiger partial charge in [-0.15, -0.1) is 0 Å². The summed E-state index contributed by atoms with van der Waals surface area (Å²) < 4.78 is 12.1. The molecule has 0 saturated heterocycles. The molecule has 1 aromatic carbocycles.